The SMILES string of the molecule is CC/C=C\C/C=C\C/C=C\C/C=C\C/C=C\C/C=C\CCC(=O)O[C@H](COC(=O)CC/C=C\C/C=C\C/C=C\C/C=C\C/C=C\CCCCC)COC(=O)CCCCCCCCCCCCCC. The minimum Gasteiger partial charge on any atom is -0.462 e. The van der Waals surface area contributed by atoms with Crippen LogP contribution in [0.25, 0.3) is 0 Å². The Hall–Kier alpha value is -4.45. The minimum atomic E-state index is -0.851. The number of unbranched alkanes of at least 4 members (excludes halogenated alkanes) is 14. The molecule has 0 N–H and O–H groups in total. The van der Waals surface area contributed by atoms with Gasteiger partial charge in [-0.3, -0.25) is 14.4 Å². The molecule has 1 atom stereocenters. The Morgan fingerprint density at radius 3 is 0.985 bits per heavy atom. The molecule has 0 aromatic carbocycles. The molecule has 0 heterocycles. The van der Waals surface area contributed by atoms with E-state index < -0.39 is 12.1 Å². The molecule has 0 aliphatic rings. The number of ether oxygens (including phenoxy) is 3. The molecule has 6 heteroatoms. The van der Waals surface area contributed by atoms with Gasteiger partial charge in [-0.2, -0.15) is 0 Å². The van der Waals surface area contributed by atoms with Crippen LogP contribution in [0.3, 0.4) is 0 Å². The van der Waals surface area contributed by atoms with Crippen LogP contribution in [0.2, 0.25) is 0 Å². The van der Waals surface area contributed by atoms with Crippen molar-refractivity contribution < 1.29 is 28.6 Å². The Labute approximate surface area is 417 Å². The zero-order valence-corrected chi connectivity index (χ0v) is 43.6. The molecule has 0 aliphatic carbocycles. The van der Waals surface area contributed by atoms with Crippen LogP contribution in [0.5, 0.6) is 0 Å². The predicted molar refractivity (Wildman–Crippen MR) is 292 cm³/mol. The summed E-state index contributed by atoms with van der Waals surface area (Å²) >= 11 is 0. The van der Waals surface area contributed by atoms with E-state index in [1.54, 1.807) is 0 Å². The van der Waals surface area contributed by atoms with Gasteiger partial charge in [0.15, 0.2) is 6.10 Å². The second-order valence-electron chi connectivity index (χ2n) is 17.4. The second kappa shape index (κ2) is 55.1. The maximum Gasteiger partial charge on any atom is 0.306 e. The quantitative estimate of drug-likeness (QED) is 0.0262. The molecule has 0 unspecified atom stereocenters. The van der Waals surface area contributed by atoms with Gasteiger partial charge in [-0.05, 0) is 96.3 Å². The van der Waals surface area contributed by atoms with Gasteiger partial charge in [-0.1, -0.05) is 238 Å². The summed E-state index contributed by atoms with van der Waals surface area (Å²) < 4.78 is 16.7. The minimum absolute atomic E-state index is 0.134. The molecule has 6 nitrogen and oxygen atoms in total. The zero-order valence-electron chi connectivity index (χ0n) is 43.6. The topological polar surface area (TPSA) is 78.9 Å². The fourth-order valence-corrected chi connectivity index (χ4v) is 6.86. The zero-order chi connectivity index (χ0) is 49.3. The van der Waals surface area contributed by atoms with Crippen molar-refractivity contribution >= 4 is 17.9 Å². The molecule has 0 aromatic heterocycles. The van der Waals surface area contributed by atoms with Crippen molar-refractivity contribution in [3.05, 3.63) is 134 Å². The lowest BCUT2D eigenvalue weighted by Gasteiger charge is -2.18. The van der Waals surface area contributed by atoms with E-state index in [4.69, 9.17) is 14.2 Å². The summed E-state index contributed by atoms with van der Waals surface area (Å²) in [5.41, 5.74) is 0. The van der Waals surface area contributed by atoms with Gasteiger partial charge in [-0.25, -0.2) is 0 Å². The van der Waals surface area contributed by atoms with Gasteiger partial charge < -0.3 is 14.2 Å². The van der Waals surface area contributed by atoms with Crippen LogP contribution < -0.4 is 0 Å². The number of allylic oxidation sites excluding steroid dienone is 22. The highest BCUT2D eigenvalue weighted by Crippen LogP contribution is 2.13. The number of carbonyl (C=O) groups is 3. The van der Waals surface area contributed by atoms with Crippen molar-refractivity contribution in [1.29, 1.82) is 0 Å². The normalized spacial score (nSPS) is 13.2. The van der Waals surface area contributed by atoms with E-state index in [9.17, 15) is 14.4 Å². The first-order valence-electron chi connectivity index (χ1n) is 27.2. The summed E-state index contributed by atoms with van der Waals surface area (Å²) in [6, 6.07) is 0. The summed E-state index contributed by atoms with van der Waals surface area (Å²) in [5.74, 6) is -1.11. The van der Waals surface area contributed by atoms with Gasteiger partial charge in [0.25, 0.3) is 0 Å². The first kappa shape index (κ1) is 63.6. The predicted octanol–water partition coefficient (Wildman–Crippen LogP) is 18.3. The van der Waals surface area contributed by atoms with E-state index in [2.05, 4.69) is 130 Å². The first-order chi connectivity index (χ1) is 33.5. The van der Waals surface area contributed by atoms with Gasteiger partial charge in [0, 0.05) is 19.3 Å². The highest BCUT2D eigenvalue weighted by atomic mass is 16.6. The van der Waals surface area contributed by atoms with Crippen LogP contribution >= 0.6 is 0 Å². The van der Waals surface area contributed by atoms with E-state index in [1.807, 2.05) is 24.3 Å². The fourth-order valence-electron chi connectivity index (χ4n) is 6.86. The Balaban J connectivity index is 4.62. The molecule has 0 saturated heterocycles. The van der Waals surface area contributed by atoms with E-state index in [0.29, 0.717) is 19.3 Å². The molecule has 0 aromatic rings. The number of hydrogen-bond acceptors (Lipinski definition) is 6. The monoisotopic (exact) mass is 939 g/mol. The molecular formula is C62H98O6. The molecule has 68 heavy (non-hydrogen) atoms. The summed E-state index contributed by atoms with van der Waals surface area (Å²) in [6.07, 6.45) is 77.4. The Kier molecular flexibility index (Phi) is 51.5. The third-order valence-electron chi connectivity index (χ3n) is 10.9. The number of hydrogen-bond donors (Lipinski definition) is 0. The van der Waals surface area contributed by atoms with Gasteiger partial charge in [-0.15, -0.1) is 0 Å². The van der Waals surface area contributed by atoms with Gasteiger partial charge >= 0.3 is 17.9 Å². The first-order valence-corrected chi connectivity index (χ1v) is 27.2. The second-order valence-corrected chi connectivity index (χ2v) is 17.4. The molecule has 0 aliphatic heterocycles. The highest BCUT2D eigenvalue weighted by molar-refractivity contribution is 5.71. The number of carbonyl (C=O) groups excluding carboxylic acids is 3. The molecule has 0 saturated carbocycles. The third-order valence-corrected chi connectivity index (χ3v) is 10.9. The Morgan fingerprint density at radius 1 is 0.309 bits per heavy atom. The van der Waals surface area contributed by atoms with Crippen molar-refractivity contribution in [3.63, 3.8) is 0 Å². The number of esters is 3. The average Bonchev–Trinajstić information content (AvgIpc) is 3.34. The van der Waals surface area contributed by atoms with Crippen molar-refractivity contribution in [3.8, 4) is 0 Å². The van der Waals surface area contributed by atoms with Crippen LogP contribution in [-0.4, -0.2) is 37.2 Å². The smallest absolute Gasteiger partial charge is 0.306 e. The molecule has 0 rings (SSSR count). The maximum absolute atomic E-state index is 12.8. The van der Waals surface area contributed by atoms with E-state index >= 15 is 0 Å². The lowest BCUT2D eigenvalue weighted by Crippen LogP contribution is -2.30. The highest BCUT2D eigenvalue weighted by Gasteiger charge is 2.19. The van der Waals surface area contributed by atoms with E-state index in [-0.39, 0.29) is 38.0 Å². The third kappa shape index (κ3) is 52.5. The van der Waals surface area contributed by atoms with Crippen LogP contribution in [0.4, 0.5) is 0 Å². The molecule has 0 radical (unpaired) electrons. The van der Waals surface area contributed by atoms with Crippen LogP contribution in [0.15, 0.2) is 134 Å². The largest absolute Gasteiger partial charge is 0.462 e. The summed E-state index contributed by atoms with van der Waals surface area (Å²) in [6.45, 7) is 6.35. The van der Waals surface area contributed by atoms with Crippen molar-refractivity contribution in [2.24, 2.45) is 0 Å². The van der Waals surface area contributed by atoms with Gasteiger partial charge in [0.1, 0.15) is 13.2 Å². The van der Waals surface area contributed by atoms with Gasteiger partial charge in [0.05, 0.1) is 0 Å². The summed E-state index contributed by atoms with van der Waals surface area (Å²) in [4.78, 5) is 38.0. The van der Waals surface area contributed by atoms with Crippen LogP contribution in [0.1, 0.15) is 220 Å². The lowest BCUT2D eigenvalue weighted by molar-refractivity contribution is -0.166. The molecule has 382 valence electrons. The van der Waals surface area contributed by atoms with Crippen LogP contribution in [0, 0.1) is 0 Å². The fraction of sp³-hybridized carbons (Fsp3) is 0.597. The van der Waals surface area contributed by atoms with Gasteiger partial charge in [0.2, 0.25) is 0 Å². The Morgan fingerprint density at radius 2 is 0.603 bits per heavy atom. The molecule has 0 bridgehead atoms. The van der Waals surface area contributed by atoms with E-state index in [0.717, 1.165) is 83.5 Å². The van der Waals surface area contributed by atoms with Crippen molar-refractivity contribution in [2.75, 3.05) is 13.2 Å². The average molecular weight is 939 g/mol. The maximum atomic E-state index is 12.8. The molecule has 0 fully saturated rings. The van der Waals surface area contributed by atoms with Crippen LogP contribution in [-0.2, 0) is 28.6 Å². The summed E-state index contributed by atoms with van der Waals surface area (Å²) in [7, 11) is 0. The standard InChI is InChI=1S/C62H98O6/c1-4-7-10-13-16-19-22-25-27-29-31-33-35-37-40-43-46-49-52-55-61(64)67-58-59(57-66-60(63)54-51-48-45-42-39-24-21-18-15-12-9-6-3)68-62(65)56-53-50-47-44-41-38-36-34-32-30-28-26-23-20-17-14-11-8-5-2/h8,11,16-17,19-20,25-28,31-34,37-38,40-41,46-47,49-50,59H,4-7,9-10,12-15,18,21-24,29-30,35-36,39,42-45,48,51-58H2,1-3H3/b11-8-,19-16-,20-17-,27-25-,28-26-,33-31-,34-32-,40-37-,41-38-,49-46-,50-47-/t59-/m0/s1. The molecular weight excluding hydrogens is 841 g/mol. The summed E-state index contributed by atoms with van der Waals surface area (Å²) in [5, 5.41) is 0. The van der Waals surface area contributed by atoms with E-state index in [1.165, 1.54) is 83.5 Å². The van der Waals surface area contributed by atoms with Crippen molar-refractivity contribution in [1.82, 2.24) is 0 Å². The number of rotatable bonds is 47. The van der Waals surface area contributed by atoms with Crippen molar-refractivity contribution in [2.45, 2.75) is 226 Å². The molecule has 0 amide bonds. The Bertz CT molecular complexity index is 1500. The molecule has 0 spiro atoms. The lowest BCUT2D eigenvalue weighted by atomic mass is 10.0.